The van der Waals surface area contributed by atoms with Crippen LogP contribution in [0.15, 0.2) is 24.3 Å². The zero-order chi connectivity index (χ0) is 13.1. The van der Waals surface area contributed by atoms with Crippen LogP contribution in [0.25, 0.3) is 0 Å². The summed E-state index contributed by atoms with van der Waals surface area (Å²) in [5.41, 5.74) is 0.699. The maximum absolute atomic E-state index is 11.5. The van der Waals surface area contributed by atoms with Crippen LogP contribution in [0.4, 0.5) is 4.79 Å². The summed E-state index contributed by atoms with van der Waals surface area (Å²) in [6.07, 6.45) is -1.32. The predicted molar refractivity (Wildman–Crippen MR) is 61.2 cm³/mol. The first kappa shape index (κ1) is 12.2. The van der Waals surface area contributed by atoms with Gasteiger partial charge in [0.1, 0.15) is 5.75 Å². The third kappa shape index (κ3) is 2.22. The molecule has 1 aliphatic rings. The summed E-state index contributed by atoms with van der Waals surface area (Å²) in [4.78, 5) is 22.7. The van der Waals surface area contributed by atoms with Gasteiger partial charge in [0.15, 0.2) is 12.1 Å². The lowest BCUT2D eigenvalue weighted by Crippen LogP contribution is -2.36. The lowest BCUT2D eigenvalue weighted by atomic mass is 10.0. The Bertz CT molecular complexity index is 456. The number of hydrogen-bond donors (Lipinski definition) is 1. The highest BCUT2D eigenvalue weighted by molar-refractivity contribution is 5.85. The van der Waals surface area contributed by atoms with Gasteiger partial charge in [0.2, 0.25) is 0 Å². The standard InChI is InChI=1S/C12H13NO5/c1-16-8-5-3-7(4-6-8)10-9(11(14)17-2)13-12(15)18-10/h3-6,9-10H,1-2H3,(H,13,15)/t9-,10+/m1/s1. The second-order valence-corrected chi connectivity index (χ2v) is 3.74. The molecule has 1 aromatic rings. The summed E-state index contributed by atoms with van der Waals surface area (Å²) in [5.74, 6) is 0.146. The van der Waals surface area contributed by atoms with Crippen molar-refractivity contribution >= 4 is 12.1 Å². The molecule has 0 saturated carbocycles. The molecule has 0 spiro atoms. The van der Waals surface area contributed by atoms with Crippen molar-refractivity contribution in [3.8, 4) is 5.75 Å². The van der Waals surface area contributed by atoms with E-state index >= 15 is 0 Å². The molecule has 96 valence electrons. The zero-order valence-corrected chi connectivity index (χ0v) is 10.0. The lowest BCUT2D eigenvalue weighted by molar-refractivity contribution is -0.144. The normalized spacial score (nSPS) is 22.0. The lowest BCUT2D eigenvalue weighted by Gasteiger charge is -2.15. The fourth-order valence-corrected chi connectivity index (χ4v) is 1.78. The molecule has 1 N–H and O–H groups in total. The summed E-state index contributed by atoms with van der Waals surface area (Å²) in [6, 6.07) is 6.11. The number of amides is 1. The van der Waals surface area contributed by atoms with Gasteiger partial charge in [-0.3, -0.25) is 0 Å². The van der Waals surface area contributed by atoms with Crippen LogP contribution in [-0.2, 0) is 14.3 Å². The molecule has 0 aromatic heterocycles. The van der Waals surface area contributed by atoms with Gasteiger partial charge >= 0.3 is 12.1 Å². The first-order valence-electron chi connectivity index (χ1n) is 5.34. The Morgan fingerprint density at radius 1 is 1.28 bits per heavy atom. The zero-order valence-electron chi connectivity index (χ0n) is 10.0. The van der Waals surface area contributed by atoms with Crippen molar-refractivity contribution in [2.45, 2.75) is 12.1 Å². The Morgan fingerprint density at radius 3 is 2.50 bits per heavy atom. The average Bonchev–Trinajstić information content (AvgIpc) is 2.80. The highest BCUT2D eigenvalue weighted by Crippen LogP contribution is 2.28. The number of hydrogen-bond acceptors (Lipinski definition) is 5. The van der Waals surface area contributed by atoms with Crippen molar-refractivity contribution in [1.82, 2.24) is 5.32 Å². The van der Waals surface area contributed by atoms with E-state index in [2.05, 4.69) is 10.1 Å². The van der Waals surface area contributed by atoms with Gasteiger partial charge in [-0.15, -0.1) is 0 Å². The molecule has 18 heavy (non-hydrogen) atoms. The molecule has 0 unspecified atom stereocenters. The predicted octanol–water partition coefficient (Wildman–Crippen LogP) is 1.02. The molecule has 1 amide bonds. The number of methoxy groups -OCH3 is 2. The van der Waals surface area contributed by atoms with E-state index in [-0.39, 0.29) is 0 Å². The maximum atomic E-state index is 11.5. The average molecular weight is 251 g/mol. The largest absolute Gasteiger partial charge is 0.497 e. The van der Waals surface area contributed by atoms with Gasteiger partial charge in [0, 0.05) is 0 Å². The molecule has 1 aliphatic heterocycles. The summed E-state index contributed by atoms with van der Waals surface area (Å²) >= 11 is 0. The second kappa shape index (κ2) is 4.95. The highest BCUT2D eigenvalue weighted by Gasteiger charge is 2.41. The van der Waals surface area contributed by atoms with Gasteiger partial charge in [-0.1, -0.05) is 12.1 Å². The number of ether oxygens (including phenoxy) is 3. The molecule has 2 atom stereocenters. The van der Waals surface area contributed by atoms with E-state index in [0.29, 0.717) is 11.3 Å². The first-order valence-corrected chi connectivity index (χ1v) is 5.34. The molecule has 0 aliphatic carbocycles. The van der Waals surface area contributed by atoms with Crippen molar-refractivity contribution in [1.29, 1.82) is 0 Å². The van der Waals surface area contributed by atoms with Crippen molar-refractivity contribution in [3.05, 3.63) is 29.8 Å². The van der Waals surface area contributed by atoms with E-state index in [1.54, 1.807) is 31.4 Å². The molecule has 2 rings (SSSR count). The monoisotopic (exact) mass is 251 g/mol. The number of esters is 1. The Morgan fingerprint density at radius 2 is 1.94 bits per heavy atom. The third-order valence-corrected chi connectivity index (χ3v) is 2.71. The van der Waals surface area contributed by atoms with Crippen LogP contribution in [-0.4, -0.2) is 32.3 Å². The summed E-state index contributed by atoms with van der Waals surface area (Å²) in [5, 5.41) is 2.41. The van der Waals surface area contributed by atoms with Crippen LogP contribution in [0.5, 0.6) is 5.75 Å². The third-order valence-electron chi connectivity index (χ3n) is 2.71. The molecular weight excluding hydrogens is 238 g/mol. The van der Waals surface area contributed by atoms with E-state index in [1.165, 1.54) is 7.11 Å². The van der Waals surface area contributed by atoms with Crippen molar-refractivity contribution in [3.63, 3.8) is 0 Å². The molecule has 1 saturated heterocycles. The minimum Gasteiger partial charge on any atom is -0.497 e. The maximum Gasteiger partial charge on any atom is 0.408 e. The number of alkyl carbamates (subject to hydrolysis) is 1. The van der Waals surface area contributed by atoms with Gasteiger partial charge in [-0.2, -0.15) is 0 Å². The fraction of sp³-hybridized carbons (Fsp3) is 0.333. The van der Waals surface area contributed by atoms with Crippen LogP contribution < -0.4 is 10.1 Å². The van der Waals surface area contributed by atoms with Gasteiger partial charge in [0.25, 0.3) is 0 Å². The molecule has 1 aromatic carbocycles. The van der Waals surface area contributed by atoms with Crippen molar-refractivity contribution < 1.29 is 23.8 Å². The second-order valence-electron chi connectivity index (χ2n) is 3.74. The number of cyclic esters (lactones) is 1. The van der Waals surface area contributed by atoms with Crippen molar-refractivity contribution in [2.24, 2.45) is 0 Å². The first-order chi connectivity index (χ1) is 8.65. The fourth-order valence-electron chi connectivity index (χ4n) is 1.78. The van der Waals surface area contributed by atoms with Gasteiger partial charge in [0.05, 0.1) is 14.2 Å². The number of benzene rings is 1. The van der Waals surface area contributed by atoms with Crippen LogP contribution in [0.1, 0.15) is 11.7 Å². The Kier molecular flexibility index (Phi) is 3.36. The highest BCUT2D eigenvalue weighted by atomic mass is 16.6. The van der Waals surface area contributed by atoms with E-state index < -0.39 is 24.2 Å². The van der Waals surface area contributed by atoms with Gasteiger partial charge in [-0.25, -0.2) is 9.59 Å². The quantitative estimate of drug-likeness (QED) is 0.812. The topological polar surface area (TPSA) is 73.9 Å². The van der Waals surface area contributed by atoms with Crippen LogP contribution in [0.3, 0.4) is 0 Å². The molecule has 1 fully saturated rings. The van der Waals surface area contributed by atoms with Crippen LogP contribution >= 0.6 is 0 Å². The molecule has 6 heteroatoms. The Balaban J connectivity index is 2.23. The van der Waals surface area contributed by atoms with Gasteiger partial charge in [-0.05, 0) is 17.7 Å². The number of carbonyl (C=O) groups is 2. The Labute approximate surface area is 104 Å². The van der Waals surface area contributed by atoms with Gasteiger partial charge < -0.3 is 19.5 Å². The van der Waals surface area contributed by atoms with E-state index in [9.17, 15) is 9.59 Å². The minimum absolute atomic E-state index is 0.540. The van der Waals surface area contributed by atoms with Crippen LogP contribution in [0, 0.1) is 0 Å². The molecule has 1 heterocycles. The molecule has 0 radical (unpaired) electrons. The molecule has 6 nitrogen and oxygen atoms in total. The smallest absolute Gasteiger partial charge is 0.408 e. The minimum atomic E-state index is -0.823. The number of carbonyl (C=O) groups excluding carboxylic acids is 2. The summed E-state index contributed by atoms with van der Waals surface area (Å²) < 4.78 is 14.7. The van der Waals surface area contributed by atoms with E-state index in [0.717, 1.165) is 0 Å². The number of rotatable bonds is 3. The van der Waals surface area contributed by atoms with Crippen LogP contribution in [0.2, 0.25) is 0 Å². The van der Waals surface area contributed by atoms with E-state index in [4.69, 9.17) is 9.47 Å². The Hall–Kier alpha value is -2.24. The summed E-state index contributed by atoms with van der Waals surface area (Å²) in [7, 11) is 2.82. The molecule has 0 bridgehead atoms. The van der Waals surface area contributed by atoms with E-state index in [1.807, 2.05) is 0 Å². The van der Waals surface area contributed by atoms with Crippen molar-refractivity contribution in [2.75, 3.05) is 14.2 Å². The number of nitrogens with one attached hydrogen (secondary N) is 1. The SMILES string of the molecule is COC(=O)[C@@H]1NC(=O)O[C@H]1c1ccc(OC)cc1. The molecular formula is C12H13NO5. The summed E-state index contributed by atoms with van der Waals surface area (Å²) in [6.45, 7) is 0.